The molecule has 1 amide bonds. The van der Waals surface area contributed by atoms with Crippen LogP contribution in [0.2, 0.25) is 5.02 Å². The number of hydrogen-bond acceptors (Lipinski definition) is 3. The van der Waals surface area contributed by atoms with Gasteiger partial charge in [-0.1, -0.05) is 27.5 Å². The maximum atomic E-state index is 11.8. The van der Waals surface area contributed by atoms with Gasteiger partial charge in [-0.15, -0.1) is 0 Å². The lowest BCUT2D eigenvalue weighted by Crippen LogP contribution is -2.21. The minimum absolute atomic E-state index is 0.202. The molecule has 0 aliphatic rings. The highest BCUT2D eigenvalue weighted by molar-refractivity contribution is 9.10. The number of benzene rings is 1. The fourth-order valence-electron chi connectivity index (χ4n) is 1.65. The molecule has 2 aromatic rings. The number of hydrogen-bond donors (Lipinski definition) is 2. The van der Waals surface area contributed by atoms with E-state index in [0.29, 0.717) is 10.7 Å². The largest absolute Gasteiger partial charge is 0.451 e. The van der Waals surface area contributed by atoms with Crippen molar-refractivity contribution in [1.82, 2.24) is 4.98 Å². The van der Waals surface area contributed by atoms with Crippen LogP contribution in [0.5, 0.6) is 0 Å². The van der Waals surface area contributed by atoms with Gasteiger partial charge in [0.1, 0.15) is 5.69 Å². The number of ether oxygens (including phenoxy) is 1. The summed E-state index contributed by atoms with van der Waals surface area (Å²) in [4.78, 5) is 26.0. The molecule has 7 heteroatoms. The molecule has 0 radical (unpaired) electrons. The summed E-state index contributed by atoms with van der Waals surface area (Å²) in [5, 5.41) is 3.08. The summed E-state index contributed by atoms with van der Waals surface area (Å²) in [5.41, 5.74) is 1.77. The molecule has 0 aliphatic carbocycles. The van der Waals surface area contributed by atoms with Crippen LogP contribution in [-0.4, -0.2) is 23.5 Å². The molecular weight excluding hydrogens is 360 g/mol. The van der Waals surface area contributed by atoms with Crippen molar-refractivity contribution < 1.29 is 14.3 Å². The van der Waals surface area contributed by atoms with E-state index in [9.17, 15) is 9.59 Å². The Hall–Kier alpha value is -1.79. The van der Waals surface area contributed by atoms with Gasteiger partial charge >= 0.3 is 5.97 Å². The van der Waals surface area contributed by atoms with Crippen LogP contribution in [0.4, 0.5) is 5.69 Å². The summed E-state index contributed by atoms with van der Waals surface area (Å²) in [6, 6.07) is 6.89. The molecule has 1 aromatic heterocycles. The molecule has 0 aliphatic heterocycles. The van der Waals surface area contributed by atoms with E-state index < -0.39 is 11.9 Å². The summed E-state index contributed by atoms with van der Waals surface area (Å²) in [6.45, 7) is 1.50. The van der Waals surface area contributed by atoms with E-state index in [4.69, 9.17) is 16.3 Å². The minimum Gasteiger partial charge on any atom is -0.451 e. The van der Waals surface area contributed by atoms with Crippen LogP contribution in [-0.2, 0) is 9.53 Å². The first-order valence-corrected chi connectivity index (χ1v) is 7.20. The van der Waals surface area contributed by atoms with Gasteiger partial charge in [0.25, 0.3) is 5.91 Å². The minimum atomic E-state index is -0.635. The fourth-order valence-corrected chi connectivity index (χ4v) is 2.29. The molecule has 1 aromatic carbocycles. The van der Waals surface area contributed by atoms with E-state index >= 15 is 0 Å². The molecule has 1 heterocycles. The number of amides is 1. The van der Waals surface area contributed by atoms with Crippen molar-refractivity contribution >= 4 is 45.1 Å². The molecule has 110 valence electrons. The Kier molecular flexibility index (Phi) is 5.03. The zero-order valence-electron chi connectivity index (χ0n) is 11.1. The third-order valence-electron chi connectivity index (χ3n) is 2.66. The Bertz CT molecular complexity index is 685. The van der Waals surface area contributed by atoms with Crippen molar-refractivity contribution in [3.05, 3.63) is 51.2 Å². The summed E-state index contributed by atoms with van der Waals surface area (Å²) >= 11 is 9.03. The standard InChI is InChI=1S/C14H12BrClN2O3/c1-8-4-9(15)2-3-11(8)18-13(19)7-21-14(20)12-5-10(16)6-17-12/h2-6,17H,7H2,1H3,(H,18,19). The molecule has 2 N–H and O–H groups in total. The van der Waals surface area contributed by atoms with Gasteiger partial charge in [-0.25, -0.2) is 4.79 Å². The van der Waals surface area contributed by atoms with Gasteiger partial charge in [0.2, 0.25) is 0 Å². The average molecular weight is 372 g/mol. The summed E-state index contributed by atoms with van der Waals surface area (Å²) in [7, 11) is 0. The first-order valence-electron chi connectivity index (χ1n) is 6.03. The number of nitrogens with one attached hydrogen (secondary N) is 2. The van der Waals surface area contributed by atoms with Gasteiger partial charge in [-0.3, -0.25) is 4.79 Å². The second kappa shape index (κ2) is 6.78. The number of carbonyl (C=O) groups excluding carboxylic acids is 2. The van der Waals surface area contributed by atoms with Gasteiger partial charge in [0.05, 0.1) is 5.02 Å². The molecule has 0 fully saturated rings. The molecular formula is C14H12BrClN2O3. The van der Waals surface area contributed by atoms with Crippen molar-refractivity contribution in [3.8, 4) is 0 Å². The maximum absolute atomic E-state index is 11.8. The van der Waals surface area contributed by atoms with Crippen LogP contribution in [0, 0.1) is 6.92 Å². The smallest absolute Gasteiger partial charge is 0.355 e. The number of aromatic amines is 1. The number of H-pyrrole nitrogens is 1. The lowest BCUT2D eigenvalue weighted by atomic mass is 10.2. The highest BCUT2D eigenvalue weighted by atomic mass is 79.9. The highest BCUT2D eigenvalue weighted by Gasteiger charge is 2.12. The van der Waals surface area contributed by atoms with Crippen molar-refractivity contribution in [1.29, 1.82) is 0 Å². The van der Waals surface area contributed by atoms with Gasteiger partial charge < -0.3 is 15.0 Å². The Labute approximate surface area is 134 Å². The SMILES string of the molecule is Cc1cc(Br)ccc1NC(=O)COC(=O)c1cc(Cl)c[nH]1. The molecule has 2 rings (SSSR count). The number of halogens is 2. The van der Waals surface area contributed by atoms with Crippen LogP contribution < -0.4 is 5.32 Å². The number of esters is 1. The van der Waals surface area contributed by atoms with Crippen LogP contribution in [0.1, 0.15) is 16.1 Å². The summed E-state index contributed by atoms with van der Waals surface area (Å²) in [5.74, 6) is -1.05. The van der Waals surface area contributed by atoms with E-state index in [0.717, 1.165) is 10.0 Å². The number of rotatable bonds is 4. The molecule has 0 saturated carbocycles. The normalized spacial score (nSPS) is 10.2. The lowest BCUT2D eigenvalue weighted by Gasteiger charge is -2.09. The molecule has 21 heavy (non-hydrogen) atoms. The van der Waals surface area contributed by atoms with E-state index in [1.807, 2.05) is 19.1 Å². The van der Waals surface area contributed by atoms with Gasteiger partial charge in [-0.2, -0.15) is 0 Å². The fraction of sp³-hybridized carbons (Fsp3) is 0.143. The molecule has 0 unspecified atom stereocenters. The van der Waals surface area contributed by atoms with E-state index in [1.54, 1.807) is 6.07 Å². The van der Waals surface area contributed by atoms with Crippen LogP contribution >= 0.6 is 27.5 Å². The van der Waals surface area contributed by atoms with Gasteiger partial charge in [0, 0.05) is 16.4 Å². The number of carbonyl (C=O) groups is 2. The first-order chi connectivity index (χ1) is 9.95. The average Bonchev–Trinajstić information content (AvgIpc) is 2.86. The lowest BCUT2D eigenvalue weighted by molar-refractivity contribution is -0.119. The molecule has 0 saturated heterocycles. The Morgan fingerprint density at radius 3 is 2.76 bits per heavy atom. The summed E-state index contributed by atoms with van der Waals surface area (Å²) in [6.07, 6.45) is 1.46. The number of aromatic nitrogens is 1. The monoisotopic (exact) mass is 370 g/mol. The van der Waals surface area contributed by atoms with Crippen LogP contribution in [0.3, 0.4) is 0 Å². The third-order valence-corrected chi connectivity index (χ3v) is 3.38. The van der Waals surface area contributed by atoms with Crippen molar-refractivity contribution in [2.75, 3.05) is 11.9 Å². The quantitative estimate of drug-likeness (QED) is 0.808. The van der Waals surface area contributed by atoms with E-state index in [2.05, 4.69) is 26.2 Å². The van der Waals surface area contributed by atoms with Gasteiger partial charge in [-0.05, 0) is 36.8 Å². The molecule has 0 spiro atoms. The van der Waals surface area contributed by atoms with Gasteiger partial charge in [0.15, 0.2) is 6.61 Å². The first kappa shape index (κ1) is 15.6. The van der Waals surface area contributed by atoms with Crippen molar-refractivity contribution in [2.45, 2.75) is 6.92 Å². The van der Waals surface area contributed by atoms with Crippen molar-refractivity contribution in [2.24, 2.45) is 0 Å². The van der Waals surface area contributed by atoms with Crippen molar-refractivity contribution in [3.63, 3.8) is 0 Å². The number of anilines is 1. The van der Waals surface area contributed by atoms with Crippen LogP contribution in [0.25, 0.3) is 0 Å². The van der Waals surface area contributed by atoms with E-state index in [-0.39, 0.29) is 12.3 Å². The number of aryl methyl sites for hydroxylation is 1. The molecule has 0 bridgehead atoms. The Balaban J connectivity index is 1.89. The van der Waals surface area contributed by atoms with E-state index in [1.165, 1.54) is 12.3 Å². The molecule has 5 nitrogen and oxygen atoms in total. The topological polar surface area (TPSA) is 71.2 Å². The second-order valence-electron chi connectivity index (χ2n) is 4.32. The van der Waals surface area contributed by atoms with Crippen LogP contribution in [0.15, 0.2) is 34.9 Å². The maximum Gasteiger partial charge on any atom is 0.355 e. The summed E-state index contributed by atoms with van der Waals surface area (Å²) < 4.78 is 5.81. The second-order valence-corrected chi connectivity index (χ2v) is 5.67. The third kappa shape index (κ3) is 4.34. The highest BCUT2D eigenvalue weighted by Crippen LogP contribution is 2.19. The zero-order valence-corrected chi connectivity index (χ0v) is 13.4. The predicted octanol–water partition coefficient (Wildman–Crippen LogP) is 3.53. The Morgan fingerprint density at radius 2 is 2.14 bits per heavy atom. The molecule has 0 atom stereocenters. The zero-order chi connectivity index (χ0) is 15.4. The Morgan fingerprint density at radius 1 is 1.38 bits per heavy atom. The predicted molar refractivity (Wildman–Crippen MR) is 83.6 cm³/mol.